The number of rotatable bonds is 4. The maximum absolute atomic E-state index is 13.6. The molecular weight excluding hydrogens is 240 g/mol. The summed E-state index contributed by atoms with van der Waals surface area (Å²) in [7, 11) is 0. The van der Waals surface area contributed by atoms with Gasteiger partial charge in [0.1, 0.15) is 11.5 Å². The second-order valence-corrected chi connectivity index (χ2v) is 4.64. The first-order chi connectivity index (χ1) is 8.18. The van der Waals surface area contributed by atoms with Crippen LogP contribution in [0.25, 0.3) is 0 Å². The predicted octanol–water partition coefficient (Wildman–Crippen LogP) is 3.99. The molecule has 0 spiro atoms. The lowest BCUT2D eigenvalue weighted by atomic mass is 10.2. The van der Waals surface area contributed by atoms with Crippen molar-refractivity contribution >= 4 is 17.0 Å². The number of aryl methyl sites for hydroxylation is 1. The van der Waals surface area contributed by atoms with Crippen molar-refractivity contribution in [2.24, 2.45) is 0 Å². The number of nitrogens with one attached hydrogen (secondary N) is 1. The minimum absolute atomic E-state index is 0.0276. The average molecular weight is 253 g/mol. The van der Waals surface area contributed by atoms with E-state index in [9.17, 15) is 8.78 Å². The van der Waals surface area contributed by atoms with Gasteiger partial charge in [0, 0.05) is 6.54 Å². The Balaban J connectivity index is 2.01. The highest BCUT2D eigenvalue weighted by molar-refractivity contribution is 7.07. The highest BCUT2D eigenvalue weighted by atomic mass is 32.1. The predicted molar refractivity (Wildman–Crippen MR) is 67.6 cm³/mol. The number of halogens is 2. The fourth-order valence-corrected chi connectivity index (χ4v) is 2.29. The van der Waals surface area contributed by atoms with Crippen LogP contribution < -0.4 is 5.32 Å². The molecule has 17 heavy (non-hydrogen) atoms. The first-order valence-corrected chi connectivity index (χ1v) is 6.32. The van der Waals surface area contributed by atoms with Gasteiger partial charge in [-0.25, -0.2) is 8.78 Å². The summed E-state index contributed by atoms with van der Waals surface area (Å²) in [6.07, 6.45) is 0.760. The van der Waals surface area contributed by atoms with Crippen LogP contribution in [0.5, 0.6) is 0 Å². The Kier molecular flexibility index (Phi) is 3.74. The molecule has 1 aromatic carbocycles. The first kappa shape index (κ1) is 12.0. The minimum Gasteiger partial charge on any atom is -0.380 e. The first-order valence-electron chi connectivity index (χ1n) is 5.38. The molecular formula is C13H13F2NS. The van der Waals surface area contributed by atoms with Gasteiger partial charge in [0.15, 0.2) is 5.82 Å². The van der Waals surface area contributed by atoms with E-state index in [1.807, 2.05) is 16.8 Å². The van der Waals surface area contributed by atoms with Crippen LogP contribution >= 0.6 is 11.3 Å². The summed E-state index contributed by atoms with van der Waals surface area (Å²) in [5, 5.41) is 6.84. The maximum atomic E-state index is 13.6. The number of thiophene rings is 1. The normalized spacial score (nSPS) is 10.5. The maximum Gasteiger partial charge on any atom is 0.152 e. The van der Waals surface area contributed by atoms with Crippen LogP contribution in [0.1, 0.15) is 11.1 Å². The Morgan fingerprint density at radius 3 is 2.76 bits per heavy atom. The van der Waals surface area contributed by atoms with E-state index in [0.717, 1.165) is 6.42 Å². The molecule has 0 unspecified atom stereocenters. The van der Waals surface area contributed by atoms with Crippen molar-refractivity contribution in [2.45, 2.75) is 13.3 Å². The molecule has 2 aromatic rings. The van der Waals surface area contributed by atoms with Crippen LogP contribution in [0.15, 0.2) is 29.0 Å². The lowest BCUT2D eigenvalue weighted by Gasteiger charge is -2.09. The summed E-state index contributed by atoms with van der Waals surface area (Å²) in [5.74, 6) is -1.05. The van der Waals surface area contributed by atoms with Crippen LogP contribution in [0, 0.1) is 18.6 Å². The minimum atomic E-state index is -0.543. The fourth-order valence-electron chi connectivity index (χ4n) is 1.59. The Bertz CT molecular complexity index is 494. The van der Waals surface area contributed by atoms with Gasteiger partial charge in [-0.3, -0.25) is 0 Å². The molecule has 1 heterocycles. The third-order valence-corrected chi connectivity index (χ3v) is 3.31. The van der Waals surface area contributed by atoms with Gasteiger partial charge < -0.3 is 5.32 Å². The largest absolute Gasteiger partial charge is 0.380 e. The Morgan fingerprint density at radius 2 is 2.06 bits per heavy atom. The number of benzene rings is 1. The summed E-state index contributed by atoms with van der Waals surface area (Å²) < 4.78 is 27.0. The van der Waals surface area contributed by atoms with Crippen LogP contribution in [0.2, 0.25) is 0 Å². The van der Waals surface area contributed by atoms with Crippen molar-refractivity contribution in [3.05, 3.63) is 51.7 Å². The van der Waals surface area contributed by atoms with E-state index in [4.69, 9.17) is 0 Å². The monoisotopic (exact) mass is 253 g/mol. The van der Waals surface area contributed by atoms with E-state index in [2.05, 4.69) is 5.32 Å². The molecule has 0 saturated carbocycles. The summed E-state index contributed by atoms with van der Waals surface area (Å²) in [5.41, 5.74) is 1.60. The van der Waals surface area contributed by atoms with Gasteiger partial charge in [-0.15, -0.1) is 0 Å². The van der Waals surface area contributed by atoms with E-state index in [1.54, 1.807) is 18.3 Å². The molecule has 90 valence electrons. The van der Waals surface area contributed by atoms with Crippen molar-refractivity contribution in [1.29, 1.82) is 0 Å². The van der Waals surface area contributed by atoms with Crippen molar-refractivity contribution in [1.82, 2.24) is 0 Å². The molecule has 0 aliphatic rings. The molecule has 0 aliphatic carbocycles. The van der Waals surface area contributed by atoms with E-state index in [1.165, 1.54) is 17.7 Å². The smallest absolute Gasteiger partial charge is 0.152 e. The van der Waals surface area contributed by atoms with Crippen molar-refractivity contribution in [2.75, 3.05) is 11.9 Å². The quantitative estimate of drug-likeness (QED) is 0.868. The molecule has 4 heteroatoms. The SMILES string of the molecule is Cc1ccc(F)c(NCCc2ccsc2)c1F. The molecule has 0 amide bonds. The Morgan fingerprint density at radius 1 is 1.24 bits per heavy atom. The number of hydrogen-bond acceptors (Lipinski definition) is 2. The van der Waals surface area contributed by atoms with Crippen LogP contribution in [-0.4, -0.2) is 6.54 Å². The summed E-state index contributed by atoms with van der Waals surface area (Å²) in [4.78, 5) is 0. The third-order valence-electron chi connectivity index (χ3n) is 2.58. The number of anilines is 1. The summed E-state index contributed by atoms with van der Waals surface area (Å²) >= 11 is 1.62. The van der Waals surface area contributed by atoms with E-state index < -0.39 is 11.6 Å². The second kappa shape index (κ2) is 5.27. The zero-order valence-electron chi connectivity index (χ0n) is 9.47. The lowest BCUT2D eigenvalue weighted by Crippen LogP contribution is -2.08. The molecule has 1 nitrogen and oxygen atoms in total. The Hall–Kier alpha value is -1.42. The molecule has 0 bridgehead atoms. The van der Waals surface area contributed by atoms with Crippen molar-refractivity contribution in [3.63, 3.8) is 0 Å². The summed E-state index contributed by atoms with van der Waals surface area (Å²) in [6, 6.07) is 4.73. The molecule has 0 aliphatic heterocycles. The second-order valence-electron chi connectivity index (χ2n) is 3.86. The lowest BCUT2D eigenvalue weighted by molar-refractivity contribution is 0.582. The fraction of sp³-hybridized carbons (Fsp3) is 0.231. The summed E-state index contributed by atoms with van der Waals surface area (Å²) in [6.45, 7) is 2.15. The van der Waals surface area contributed by atoms with E-state index >= 15 is 0 Å². The molecule has 0 saturated heterocycles. The Labute approximate surface area is 103 Å². The highest BCUT2D eigenvalue weighted by Crippen LogP contribution is 2.21. The van der Waals surface area contributed by atoms with Gasteiger partial charge in [-0.1, -0.05) is 6.07 Å². The van der Waals surface area contributed by atoms with Crippen molar-refractivity contribution < 1.29 is 8.78 Å². The molecule has 2 rings (SSSR count). The van der Waals surface area contributed by atoms with Gasteiger partial charge in [-0.2, -0.15) is 11.3 Å². The van der Waals surface area contributed by atoms with Crippen LogP contribution in [0.3, 0.4) is 0 Å². The zero-order chi connectivity index (χ0) is 12.3. The van der Waals surface area contributed by atoms with Gasteiger partial charge >= 0.3 is 0 Å². The molecule has 1 aromatic heterocycles. The standard InChI is InChI=1S/C13H13F2NS/c1-9-2-3-11(14)13(12(9)15)16-6-4-10-5-7-17-8-10/h2-3,5,7-8,16H,4,6H2,1H3. The van der Waals surface area contributed by atoms with Crippen LogP contribution in [0.4, 0.5) is 14.5 Å². The molecule has 0 atom stereocenters. The number of hydrogen-bond donors (Lipinski definition) is 1. The molecule has 0 fully saturated rings. The van der Waals surface area contributed by atoms with E-state index in [0.29, 0.717) is 12.1 Å². The van der Waals surface area contributed by atoms with Gasteiger partial charge in [0.2, 0.25) is 0 Å². The van der Waals surface area contributed by atoms with Gasteiger partial charge in [0.25, 0.3) is 0 Å². The van der Waals surface area contributed by atoms with Gasteiger partial charge in [-0.05, 0) is 47.4 Å². The zero-order valence-corrected chi connectivity index (χ0v) is 10.3. The molecule has 1 N–H and O–H groups in total. The van der Waals surface area contributed by atoms with E-state index in [-0.39, 0.29) is 5.69 Å². The molecule has 0 radical (unpaired) electrons. The third kappa shape index (κ3) is 2.82. The highest BCUT2D eigenvalue weighted by Gasteiger charge is 2.10. The van der Waals surface area contributed by atoms with Crippen LogP contribution in [-0.2, 0) is 6.42 Å². The average Bonchev–Trinajstić information content (AvgIpc) is 2.81. The van der Waals surface area contributed by atoms with Gasteiger partial charge in [0.05, 0.1) is 0 Å². The van der Waals surface area contributed by atoms with Crippen molar-refractivity contribution in [3.8, 4) is 0 Å². The topological polar surface area (TPSA) is 12.0 Å².